The summed E-state index contributed by atoms with van der Waals surface area (Å²) in [7, 11) is 4.19. The zero-order valence-corrected chi connectivity index (χ0v) is 15.9. The molecule has 0 aliphatic carbocycles. The number of thiocarbonyl (C=S) groups is 1. The van der Waals surface area contributed by atoms with Crippen LogP contribution in [0.25, 0.3) is 0 Å². The Balaban J connectivity index is 1.80. The second-order valence-electron chi connectivity index (χ2n) is 6.26. The first-order chi connectivity index (χ1) is 11.6. The summed E-state index contributed by atoms with van der Waals surface area (Å²) in [6.07, 6.45) is 1.11. The van der Waals surface area contributed by atoms with Crippen LogP contribution in [0.15, 0.2) is 24.3 Å². The lowest BCUT2D eigenvalue weighted by Crippen LogP contribution is -2.52. The van der Waals surface area contributed by atoms with E-state index in [1.165, 1.54) is 5.69 Å². The van der Waals surface area contributed by atoms with Crippen molar-refractivity contribution in [3.63, 3.8) is 0 Å². The van der Waals surface area contributed by atoms with Gasteiger partial charge in [-0.3, -0.25) is 0 Å². The zero-order chi connectivity index (χ0) is 17.4. The SMILES string of the molecule is CCOc1ccccc1N1CCN(C(=S)NCCCN(C)C)CC1. The molecule has 1 saturated heterocycles. The molecule has 1 aliphatic heterocycles. The van der Waals surface area contributed by atoms with Crippen LogP contribution in [0.1, 0.15) is 13.3 Å². The van der Waals surface area contributed by atoms with Crippen LogP contribution < -0.4 is 15.0 Å². The molecule has 24 heavy (non-hydrogen) atoms. The summed E-state index contributed by atoms with van der Waals surface area (Å²) in [5.41, 5.74) is 1.18. The number of para-hydroxylation sites is 2. The molecule has 134 valence electrons. The van der Waals surface area contributed by atoms with E-state index >= 15 is 0 Å². The molecule has 0 amide bonds. The van der Waals surface area contributed by atoms with Gasteiger partial charge in [-0.2, -0.15) is 0 Å². The molecular formula is C18H30N4OS. The second-order valence-corrected chi connectivity index (χ2v) is 6.65. The van der Waals surface area contributed by atoms with E-state index in [0.717, 1.165) is 56.6 Å². The van der Waals surface area contributed by atoms with Crippen LogP contribution in [-0.2, 0) is 0 Å². The fourth-order valence-corrected chi connectivity index (χ4v) is 3.13. The molecule has 6 heteroatoms. The molecule has 1 aromatic rings. The van der Waals surface area contributed by atoms with Crippen molar-refractivity contribution in [3.05, 3.63) is 24.3 Å². The molecule has 2 rings (SSSR count). The first-order valence-electron chi connectivity index (χ1n) is 8.76. The third-order valence-corrected chi connectivity index (χ3v) is 4.53. The van der Waals surface area contributed by atoms with Gasteiger partial charge in [-0.25, -0.2) is 0 Å². The standard InChI is InChI=1S/C18H30N4OS/c1-4-23-17-9-6-5-8-16(17)21-12-14-22(15-13-21)18(24)19-10-7-11-20(2)3/h5-6,8-9H,4,7,10-15H2,1-3H3,(H,19,24). The molecule has 0 aromatic heterocycles. The normalized spacial score (nSPS) is 14.8. The molecule has 0 unspecified atom stereocenters. The number of hydrogen-bond acceptors (Lipinski definition) is 4. The minimum absolute atomic E-state index is 0.692. The van der Waals surface area contributed by atoms with Crippen molar-refractivity contribution >= 4 is 23.0 Å². The highest BCUT2D eigenvalue weighted by molar-refractivity contribution is 7.80. The van der Waals surface area contributed by atoms with Crippen LogP contribution in [-0.4, -0.2) is 74.9 Å². The number of rotatable bonds is 7. The lowest BCUT2D eigenvalue weighted by Gasteiger charge is -2.38. The van der Waals surface area contributed by atoms with Gasteiger partial charge in [-0.1, -0.05) is 12.1 Å². The fraction of sp³-hybridized carbons (Fsp3) is 0.611. The average Bonchev–Trinajstić information content (AvgIpc) is 2.59. The van der Waals surface area contributed by atoms with E-state index < -0.39 is 0 Å². The lowest BCUT2D eigenvalue weighted by molar-refractivity contribution is 0.335. The van der Waals surface area contributed by atoms with Crippen molar-refractivity contribution in [2.24, 2.45) is 0 Å². The predicted molar refractivity (Wildman–Crippen MR) is 105 cm³/mol. The summed E-state index contributed by atoms with van der Waals surface area (Å²) in [5.74, 6) is 0.970. The van der Waals surface area contributed by atoms with E-state index in [0.29, 0.717) is 6.61 Å². The highest BCUT2D eigenvalue weighted by Crippen LogP contribution is 2.28. The summed E-state index contributed by atoms with van der Waals surface area (Å²) in [6, 6.07) is 8.28. The number of piperazine rings is 1. The van der Waals surface area contributed by atoms with E-state index in [1.54, 1.807) is 0 Å². The van der Waals surface area contributed by atoms with Crippen LogP contribution >= 0.6 is 12.2 Å². The molecule has 0 saturated carbocycles. The Morgan fingerprint density at radius 3 is 2.58 bits per heavy atom. The van der Waals surface area contributed by atoms with E-state index in [1.807, 2.05) is 19.1 Å². The predicted octanol–water partition coefficient (Wildman–Crippen LogP) is 2.03. The number of nitrogens with zero attached hydrogens (tertiary/aromatic N) is 3. The van der Waals surface area contributed by atoms with E-state index in [-0.39, 0.29) is 0 Å². The Bertz CT molecular complexity index is 515. The molecule has 1 aliphatic rings. The maximum atomic E-state index is 5.75. The summed E-state index contributed by atoms with van der Waals surface area (Å²) in [5, 5.41) is 4.26. The third kappa shape index (κ3) is 5.53. The number of ether oxygens (including phenoxy) is 1. The largest absolute Gasteiger partial charge is 0.492 e. The minimum Gasteiger partial charge on any atom is -0.492 e. The third-order valence-electron chi connectivity index (χ3n) is 4.13. The Morgan fingerprint density at radius 2 is 1.92 bits per heavy atom. The maximum Gasteiger partial charge on any atom is 0.169 e. The minimum atomic E-state index is 0.692. The molecule has 1 N–H and O–H groups in total. The highest BCUT2D eigenvalue weighted by Gasteiger charge is 2.20. The Hall–Kier alpha value is -1.53. The molecular weight excluding hydrogens is 320 g/mol. The van der Waals surface area contributed by atoms with E-state index in [2.05, 4.69) is 46.2 Å². The average molecular weight is 351 g/mol. The van der Waals surface area contributed by atoms with Crippen molar-refractivity contribution in [2.75, 3.05) is 64.9 Å². The van der Waals surface area contributed by atoms with Gasteiger partial charge in [-0.15, -0.1) is 0 Å². The molecule has 1 heterocycles. The first-order valence-corrected chi connectivity index (χ1v) is 9.17. The molecule has 1 fully saturated rings. The van der Waals surface area contributed by atoms with Crippen LogP contribution in [0.4, 0.5) is 5.69 Å². The van der Waals surface area contributed by atoms with Crippen molar-refractivity contribution in [1.82, 2.24) is 15.1 Å². The summed E-state index contributed by atoms with van der Waals surface area (Å²) in [4.78, 5) is 6.85. The van der Waals surface area contributed by atoms with Crippen molar-refractivity contribution in [2.45, 2.75) is 13.3 Å². The Kier molecular flexibility index (Phi) is 7.59. The fourth-order valence-electron chi connectivity index (χ4n) is 2.85. The zero-order valence-electron chi connectivity index (χ0n) is 15.1. The maximum absolute atomic E-state index is 5.75. The number of anilines is 1. The van der Waals surface area contributed by atoms with E-state index in [9.17, 15) is 0 Å². The molecule has 0 bridgehead atoms. The lowest BCUT2D eigenvalue weighted by atomic mass is 10.2. The van der Waals surface area contributed by atoms with Crippen LogP contribution in [0, 0.1) is 0 Å². The molecule has 0 atom stereocenters. The van der Waals surface area contributed by atoms with Crippen LogP contribution in [0.2, 0.25) is 0 Å². The number of benzene rings is 1. The topological polar surface area (TPSA) is 31.0 Å². The second kappa shape index (κ2) is 9.69. The van der Waals surface area contributed by atoms with Crippen molar-refractivity contribution in [3.8, 4) is 5.75 Å². The van der Waals surface area contributed by atoms with Crippen LogP contribution in [0.3, 0.4) is 0 Å². The van der Waals surface area contributed by atoms with Crippen LogP contribution in [0.5, 0.6) is 5.75 Å². The number of hydrogen-bond donors (Lipinski definition) is 1. The monoisotopic (exact) mass is 350 g/mol. The molecule has 0 spiro atoms. The van der Waals surface area contributed by atoms with Gasteiger partial charge >= 0.3 is 0 Å². The van der Waals surface area contributed by atoms with Gasteiger partial charge in [-0.05, 0) is 58.3 Å². The molecule has 0 radical (unpaired) electrons. The summed E-state index contributed by atoms with van der Waals surface area (Å²) >= 11 is 5.53. The van der Waals surface area contributed by atoms with Gasteiger partial charge in [0, 0.05) is 32.7 Å². The van der Waals surface area contributed by atoms with Gasteiger partial charge < -0.3 is 24.8 Å². The van der Waals surface area contributed by atoms with Crippen molar-refractivity contribution < 1.29 is 4.74 Å². The first kappa shape index (κ1) is 18.8. The number of nitrogens with one attached hydrogen (secondary N) is 1. The van der Waals surface area contributed by atoms with Gasteiger partial charge in [0.1, 0.15) is 5.75 Å². The van der Waals surface area contributed by atoms with Gasteiger partial charge in [0.05, 0.1) is 12.3 Å². The molecule has 1 aromatic carbocycles. The summed E-state index contributed by atoms with van der Waals surface area (Å²) < 4.78 is 5.75. The van der Waals surface area contributed by atoms with Gasteiger partial charge in [0.25, 0.3) is 0 Å². The van der Waals surface area contributed by atoms with Crippen molar-refractivity contribution in [1.29, 1.82) is 0 Å². The smallest absolute Gasteiger partial charge is 0.169 e. The van der Waals surface area contributed by atoms with Gasteiger partial charge in [0.2, 0.25) is 0 Å². The Morgan fingerprint density at radius 1 is 1.21 bits per heavy atom. The van der Waals surface area contributed by atoms with E-state index in [4.69, 9.17) is 17.0 Å². The van der Waals surface area contributed by atoms with Gasteiger partial charge in [0.15, 0.2) is 5.11 Å². The summed E-state index contributed by atoms with van der Waals surface area (Å²) in [6.45, 7) is 8.54. The quantitative estimate of drug-likeness (QED) is 0.598. The highest BCUT2D eigenvalue weighted by atomic mass is 32.1. The molecule has 5 nitrogen and oxygen atoms in total. The Labute approximate surface area is 151 Å².